The molecule has 0 atom stereocenters. The Hall–Kier alpha value is -2.54. The summed E-state index contributed by atoms with van der Waals surface area (Å²) in [5.74, 6) is 0.679. The SMILES string of the molecule is COC(=O)CCc1ccc(CCOc2ccc(OS(C)(=O)=O)cc2)cc1. The number of aryl methyl sites for hydroxylation is 1. The van der Waals surface area contributed by atoms with Gasteiger partial charge in [-0.2, -0.15) is 8.42 Å². The second-order valence-electron chi connectivity index (χ2n) is 5.75. The zero-order valence-electron chi connectivity index (χ0n) is 14.8. The van der Waals surface area contributed by atoms with Crippen LogP contribution in [0.25, 0.3) is 0 Å². The van der Waals surface area contributed by atoms with Crippen molar-refractivity contribution >= 4 is 16.1 Å². The van der Waals surface area contributed by atoms with E-state index in [1.54, 1.807) is 24.3 Å². The molecule has 140 valence electrons. The maximum Gasteiger partial charge on any atom is 0.306 e. The highest BCUT2D eigenvalue weighted by atomic mass is 32.2. The fourth-order valence-corrected chi connectivity index (χ4v) is 2.73. The molecule has 0 aliphatic carbocycles. The molecule has 0 saturated carbocycles. The quantitative estimate of drug-likeness (QED) is 0.493. The number of benzene rings is 2. The van der Waals surface area contributed by atoms with Gasteiger partial charge in [-0.3, -0.25) is 4.79 Å². The van der Waals surface area contributed by atoms with E-state index in [4.69, 9.17) is 8.92 Å². The molecule has 0 fully saturated rings. The molecule has 0 aliphatic rings. The van der Waals surface area contributed by atoms with E-state index in [1.807, 2.05) is 24.3 Å². The second-order valence-corrected chi connectivity index (χ2v) is 7.32. The first kappa shape index (κ1) is 19.8. The van der Waals surface area contributed by atoms with Gasteiger partial charge in [0.2, 0.25) is 0 Å². The molecule has 2 aromatic rings. The number of hydrogen-bond donors (Lipinski definition) is 0. The molecule has 0 aliphatic heterocycles. The lowest BCUT2D eigenvalue weighted by Crippen LogP contribution is -2.06. The molecular formula is C19H22O6S. The number of rotatable bonds is 9. The van der Waals surface area contributed by atoms with Crippen LogP contribution in [-0.4, -0.2) is 34.4 Å². The molecule has 0 heterocycles. The summed E-state index contributed by atoms with van der Waals surface area (Å²) in [6, 6.07) is 14.4. The van der Waals surface area contributed by atoms with Gasteiger partial charge in [0.15, 0.2) is 0 Å². The molecule has 2 rings (SSSR count). The summed E-state index contributed by atoms with van der Waals surface area (Å²) in [5, 5.41) is 0. The minimum absolute atomic E-state index is 0.213. The lowest BCUT2D eigenvalue weighted by molar-refractivity contribution is -0.140. The van der Waals surface area contributed by atoms with Crippen molar-refractivity contribution in [1.29, 1.82) is 0 Å². The summed E-state index contributed by atoms with van der Waals surface area (Å²) in [6.45, 7) is 0.494. The lowest BCUT2D eigenvalue weighted by Gasteiger charge is -2.08. The Bertz CT molecular complexity index is 810. The van der Waals surface area contributed by atoms with Crippen molar-refractivity contribution in [2.45, 2.75) is 19.3 Å². The van der Waals surface area contributed by atoms with Gasteiger partial charge in [-0.05, 0) is 41.8 Å². The second kappa shape index (κ2) is 9.24. The molecule has 0 N–H and O–H groups in total. The Morgan fingerprint density at radius 1 is 0.885 bits per heavy atom. The highest BCUT2D eigenvalue weighted by molar-refractivity contribution is 7.86. The van der Waals surface area contributed by atoms with Crippen LogP contribution in [0.3, 0.4) is 0 Å². The fraction of sp³-hybridized carbons (Fsp3) is 0.316. The smallest absolute Gasteiger partial charge is 0.306 e. The van der Waals surface area contributed by atoms with Gasteiger partial charge in [0.25, 0.3) is 0 Å². The lowest BCUT2D eigenvalue weighted by atomic mass is 10.1. The zero-order valence-corrected chi connectivity index (χ0v) is 15.6. The first-order valence-corrected chi connectivity index (χ1v) is 9.94. The third kappa shape index (κ3) is 7.14. The molecule has 6 nitrogen and oxygen atoms in total. The van der Waals surface area contributed by atoms with E-state index in [1.165, 1.54) is 7.11 Å². The number of ether oxygens (including phenoxy) is 2. The largest absolute Gasteiger partial charge is 0.493 e. The van der Waals surface area contributed by atoms with E-state index in [0.717, 1.165) is 23.8 Å². The van der Waals surface area contributed by atoms with Crippen LogP contribution >= 0.6 is 0 Å². The van der Waals surface area contributed by atoms with Crippen LogP contribution in [0.5, 0.6) is 11.5 Å². The van der Waals surface area contributed by atoms with Gasteiger partial charge >= 0.3 is 16.1 Å². The Morgan fingerprint density at radius 2 is 1.42 bits per heavy atom. The van der Waals surface area contributed by atoms with Crippen LogP contribution in [-0.2, 0) is 32.5 Å². The number of methoxy groups -OCH3 is 1. The van der Waals surface area contributed by atoms with Crippen molar-refractivity contribution in [3.63, 3.8) is 0 Å². The molecule has 0 bridgehead atoms. The Labute approximate surface area is 153 Å². The molecule has 0 radical (unpaired) electrons. The topological polar surface area (TPSA) is 78.9 Å². The molecule has 26 heavy (non-hydrogen) atoms. The van der Waals surface area contributed by atoms with Crippen molar-refractivity contribution in [2.24, 2.45) is 0 Å². The third-order valence-electron chi connectivity index (χ3n) is 3.60. The van der Waals surface area contributed by atoms with E-state index in [-0.39, 0.29) is 11.7 Å². The number of carbonyl (C=O) groups is 1. The van der Waals surface area contributed by atoms with Crippen molar-refractivity contribution in [1.82, 2.24) is 0 Å². The third-order valence-corrected chi connectivity index (χ3v) is 4.09. The molecule has 0 amide bonds. The van der Waals surface area contributed by atoms with Crippen molar-refractivity contribution in [3.8, 4) is 11.5 Å². The average Bonchev–Trinajstić information content (AvgIpc) is 2.61. The first-order valence-electron chi connectivity index (χ1n) is 8.13. The van der Waals surface area contributed by atoms with Crippen molar-refractivity contribution in [3.05, 3.63) is 59.7 Å². The summed E-state index contributed by atoms with van der Waals surface area (Å²) in [7, 11) is -2.14. The van der Waals surface area contributed by atoms with Crippen molar-refractivity contribution < 1.29 is 26.9 Å². The molecular weight excluding hydrogens is 356 g/mol. The van der Waals surface area contributed by atoms with Crippen LogP contribution in [0.2, 0.25) is 0 Å². The van der Waals surface area contributed by atoms with E-state index >= 15 is 0 Å². The van der Waals surface area contributed by atoms with Gasteiger partial charge in [0.05, 0.1) is 20.0 Å². The minimum atomic E-state index is -3.52. The van der Waals surface area contributed by atoms with E-state index in [0.29, 0.717) is 25.2 Å². The summed E-state index contributed by atoms with van der Waals surface area (Å²) >= 11 is 0. The monoisotopic (exact) mass is 378 g/mol. The average molecular weight is 378 g/mol. The van der Waals surface area contributed by atoms with E-state index in [2.05, 4.69) is 4.74 Å². The van der Waals surface area contributed by atoms with Gasteiger partial charge in [-0.25, -0.2) is 0 Å². The Kier molecular flexibility index (Phi) is 7.03. The molecule has 0 aromatic heterocycles. The number of carbonyl (C=O) groups excluding carboxylic acids is 1. The Morgan fingerprint density at radius 3 is 1.96 bits per heavy atom. The molecule has 0 spiro atoms. The zero-order chi connectivity index (χ0) is 19.0. The number of hydrogen-bond acceptors (Lipinski definition) is 6. The molecule has 0 saturated heterocycles. The molecule has 7 heteroatoms. The molecule has 2 aromatic carbocycles. The predicted molar refractivity (Wildman–Crippen MR) is 97.9 cm³/mol. The van der Waals surface area contributed by atoms with Crippen LogP contribution in [0.15, 0.2) is 48.5 Å². The highest BCUT2D eigenvalue weighted by Gasteiger charge is 2.05. The van der Waals surface area contributed by atoms with Crippen molar-refractivity contribution in [2.75, 3.05) is 20.0 Å². The Balaban J connectivity index is 1.77. The highest BCUT2D eigenvalue weighted by Crippen LogP contribution is 2.19. The van der Waals surface area contributed by atoms with Gasteiger partial charge in [0, 0.05) is 12.8 Å². The van der Waals surface area contributed by atoms with Crippen LogP contribution < -0.4 is 8.92 Å². The fourth-order valence-electron chi connectivity index (χ4n) is 2.27. The standard InChI is InChI=1S/C19H22O6S/c1-23-19(20)12-7-15-3-5-16(6-4-15)13-14-24-17-8-10-18(11-9-17)25-26(2,21)22/h3-6,8-11H,7,12-14H2,1-2H3. The van der Waals surface area contributed by atoms with Gasteiger partial charge in [0.1, 0.15) is 11.5 Å². The molecule has 0 unspecified atom stereocenters. The summed E-state index contributed by atoms with van der Waals surface area (Å²) in [5.41, 5.74) is 2.21. The van der Waals surface area contributed by atoms with Crippen LogP contribution in [0.4, 0.5) is 0 Å². The minimum Gasteiger partial charge on any atom is -0.493 e. The summed E-state index contributed by atoms with van der Waals surface area (Å²) in [4.78, 5) is 11.1. The van der Waals surface area contributed by atoms with Gasteiger partial charge in [-0.1, -0.05) is 24.3 Å². The summed E-state index contributed by atoms with van der Waals surface area (Å²) < 4.78 is 37.2. The van der Waals surface area contributed by atoms with Crippen LogP contribution in [0, 0.1) is 0 Å². The summed E-state index contributed by atoms with van der Waals surface area (Å²) in [6.07, 6.45) is 2.76. The normalized spacial score (nSPS) is 11.0. The first-order chi connectivity index (χ1) is 12.4. The van der Waals surface area contributed by atoms with E-state index in [9.17, 15) is 13.2 Å². The van der Waals surface area contributed by atoms with Gasteiger partial charge < -0.3 is 13.7 Å². The van der Waals surface area contributed by atoms with Crippen LogP contribution in [0.1, 0.15) is 17.5 Å². The maximum absolute atomic E-state index is 11.1. The maximum atomic E-state index is 11.1. The van der Waals surface area contributed by atoms with E-state index < -0.39 is 10.1 Å². The number of esters is 1. The van der Waals surface area contributed by atoms with Gasteiger partial charge in [-0.15, -0.1) is 0 Å². The predicted octanol–water partition coefficient (Wildman–Crippen LogP) is 2.75.